The summed E-state index contributed by atoms with van der Waals surface area (Å²) < 4.78 is 4.29. The van der Waals surface area contributed by atoms with Crippen LogP contribution in [-0.4, -0.2) is 39.4 Å². The Labute approximate surface area is 86.6 Å². The van der Waals surface area contributed by atoms with Gasteiger partial charge >= 0.3 is 5.97 Å². The van der Waals surface area contributed by atoms with Crippen LogP contribution < -0.4 is 0 Å². The van der Waals surface area contributed by atoms with Gasteiger partial charge in [0.05, 0.1) is 24.7 Å². The molecule has 2 N–H and O–H groups in total. The van der Waals surface area contributed by atoms with Gasteiger partial charge in [-0.3, -0.25) is 9.97 Å². The molecule has 0 fully saturated rings. The van der Waals surface area contributed by atoms with Crippen molar-refractivity contribution in [3.05, 3.63) is 23.8 Å². The van der Waals surface area contributed by atoms with Crippen molar-refractivity contribution in [3.8, 4) is 0 Å². The Morgan fingerprint density at radius 2 is 2.13 bits per heavy atom. The molecule has 15 heavy (non-hydrogen) atoms. The number of aliphatic hydroxyl groups is 2. The molecule has 6 nitrogen and oxygen atoms in total. The Bertz CT molecular complexity index is 356. The van der Waals surface area contributed by atoms with Crippen molar-refractivity contribution in [2.45, 2.75) is 19.1 Å². The molecule has 2 unspecified atom stereocenters. The van der Waals surface area contributed by atoms with E-state index in [2.05, 4.69) is 14.7 Å². The normalized spacial score (nSPS) is 14.4. The minimum absolute atomic E-state index is 0.132. The van der Waals surface area contributed by atoms with E-state index in [0.29, 0.717) is 5.69 Å². The van der Waals surface area contributed by atoms with E-state index in [1.807, 2.05) is 0 Å². The maximum absolute atomic E-state index is 10.9. The summed E-state index contributed by atoms with van der Waals surface area (Å²) in [7, 11) is 1.13. The fourth-order valence-electron chi connectivity index (χ4n) is 1.04. The minimum Gasteiger partial charge on any atom is -0.467 e. The lowest BCUT2D eigenvalue weighted by Gasteiger charge is -2.14. The van der Waals surface area contributed by atoms with Crippen LogP contribution in [0.3, 0.4) is 0 Å². The van der Waals surface area contributed by atoms with Gasteiger partial charge < -0.3 is 14.9 Å². The van der Waals surface area contributed by atoms with Gasteiger partial charge in [-0.2, -0.15) is 0 Å². The van der Waals surface area contributed by atoms with Gasteiger partial charge in [0, 0.05) is 6.20 Å². The average Bonchev–Trinajstić information content (AvgIpc) is 2.26. The van der Waals surface area contributed by atoms with Gasteiger partial charge in [-0.25, -0.2) is 4.79 Å². The van der Waals surface area contributed by atoms with Gasteiger partial charge in [0.2, 0.25) is 0 Å². The van der Waals surface area contributed by atoms with Crippen molar-refractivity contribution in [1.82, 2.24) is 9.97 Å². The highest BCUT2D eigenvalue weighted by molar-refractivity contribution is 5.75. The number of methoxy groups -OCH3 is 1. The fourth-order valence-corrected chi connectivity index (χ4v) is 1.04. The molecule has 0 aromatic carbocycles. The van der Waals surface area contributed by atoms with E-state index in [-0.39, 0.29) is 5.69 Å². The Morgan fingerprint density at radius 3 is 2.67 bits per heavy atom. The largest absolute Gasteiger partial charge is 0.467 e. The quantitative estimate of drug-likeness (QED) is 0.647. The lowest BCUT2D eigenvalue weighted by molar-refractivity contribution is -0.157. The van der Waals surface area contributed by atoms with E-state index in [4.69, 9.17) is 0 Å². The molecule has 0 saturated heterocycles. The molecule has 1 aromatic heterocycles. The van der Waals surface area contributed by atoms with Crippen molar-refractivity contribution >= 4 is 5.97 Å². The first-order valence-electron chi connectivity index (χ1n) is 4.28. The van der Waals surface area contributed by atoms with Crippen molar-refractivity contribution in [1.29, 1.82) is 0 Å². The number of ether oxygens (including phenoxy) is 1. The molecule has 0 amide bonds. The number of esters is 1. The number of aryl methyl sites for hydroxylation is 1. The second-order valence-corrected chi connectivity index (χ2v) is 3.00. The van der Waals surface area contributed by atoms with Crippen molar-refractivity contribution in [2.24, 2.45) is 0 Å². The smallest absolute Gasteiger partial charge is 0.337 e. The number of carbonyl (C=O) groups is 1. The van der Waals surface area contributed by atoms with Gasteiger partial charge in [-0.1, -0.05) is 0 Å². The molecule has 1 heterocycles. The lowest BCUT2D eigenvalue weighted by Crippen LogP contribution is -2.29. The molecule has 0 spiro atoms. The molecule has 0 aliphatic carbocycles. The lowest BCUT2D eigenvalue weighted by atomic mass is 10.1. The summed E-state index contributed by atoms with van der Waals surface area (Å²) in [6.45, 7) is 1.69. The van der Waals surface area contributed by atoms with Gasteiger partial charge in [0.1, 0.15) is 6.10 Å². The van der Waals surface area contributed by atoms with Crippen molar-refractivity contribution in [3.63, 3.8) is 0 Å². The van der Waals surface area contributed by atoms with Crippen molar-refractivity contribution < 1.29 is 19.7 Å². The summed E-state index contributed by atoms with van der Waals surface area (Å²) in [4.78, 5) is 18.6. The predicted molar refractivity (Wildman–Crippen MR) is 49.8 cm³/mol. The Hall–Kier alpha value is -1.53. The van der Waals surface area contributed by atoms with Crippen LogP contribution in [0.5, 0.6) is 0 Å². The molecule has 0 aliphatic heterocycles. The predicted octanol–water partition coefficient (Wildman–Crippen LogP) is -0.648. The molecule has 0 aliphatic rings. The Kier molecular flexibility index (Phi) is 3.70. The van der Waals surface area contributed by atoms with Crippen LogP contribution in [0.4, 0.5) is 0 Å². The number of hydrogen-bond acceptors (Lipinski definition) is 6. The van der Waals surface area contributed by atoms with Crippen LogP contribution in [0.1, 0.15) is 17.5 Å². The molecule has 82 valence electrons. The van der Waals surface area contributed by atoms with Crippen LogP contribution in [0, 0.1) is 6.92 Å². The zero-order valence-corrected chi connectivity index (χ0v) is 8.41. The maximum Gasteiger partial charge on any atom is 0.337 e. The van der Waals surface area contributed by atoms with E-state index in [0.717, 1.165) is 7.11 Å². The fraction of sp³-hybridized carbons (Fsp3) is 0.444. The third-order valence-corrected chi connectivity index (χ3v) is 1.82. The van der Waals surface area contributed by atoms with Crippen LogP contribution in [-0.2, 0) is 9.53 Å². The van der Waals surface area contributed by atoms with Crippen molar-refractivity contribution in [2.75, 3.05) is 7.11 Å². The highest BCUT2D eigenvalue weighted by Gasteiger charge is 2.27. The minimum atomic E-state index is -1.65. The molecule has 1 rings (SSSR count). The zero-order valence-electron chi connectivity index (χ0n) is 8.41. The van der Waals surface area contributed by atoms with Gasteiger partial charge in [0.15, 0.2) is 6.10 Å². The molecule has 0 radical (unpaired) electrons. The van der Waals surface area contributed by atoms with E-state index in [9.17, 15) is 15.0 Å². The molecule has 0 bridgehead atoms. The summed E-state index contributed by atoms with van der Waals surface area (Å²) in [6, 6.07) is 0. The standard InChI is InChI=1S/C9H12N2O4/c1-5-3-10-4-6(11-5)7(12)8(13)9(14)15-2/h3-4,7-8,12-13H,1-2H3. The number of rotatable bonds is 3. The number of aromatic nitrogens is 2. The van der Waals surface area contributed by atoms with Crippen LogP contribution in [0.25, 0.3) is 0 Å². The summed E-state index contributed by atoms with van der Waals surface area (Å²) in [6.07, 6.45) is -0.291. The van der Waals surface area contributed by atoms with Gasteiger partial charge in [-0.05, 0) is 6.92 Å². The van der Waals surface area contributed by atoms with E-state index >= 15 is 0 Å². The molecular weight excluding hydrogens is 200 g/mol. The monoisotopic (exact) mass is 212 g/mol. The van der Waals surface area contributed by atoms with Gasteiger partial charge in [0.25, 0.3) is 0 Å². The zero-order chi connectivity index (χ0) is 11.4. The van der Waals surface area contributed by atoms with E-state index in [1.54, 1.807) is 6.92 Å². The molecule has 6 heteroatoms. The summed E-state index contributed by atoms with van der Waals surface area (Å²) in [5, 5.41) is 18.9. The first kappa shape index (κ1) is 11.5. The average molecular weight is 212 g/mol. The Balaban J connectivity index is 2.84. The SMILES string of the molecule is COC(=O)C(O)C(O)c1cncc(C)n1. The first-order valence-corrected chi connectivity index (χ1v) is 4.28. The first-order chi connectivity index (χ1) is 7.06. The number of carbonyl (C=O) groups excluding carboxylic acids is 1. The third kappa shape index (κ3) is 2.71. The van der Waals surface area contributed by atoms with Crippen LogP contribution in [0.15, 0.2) is 12.4 Å². The summed E-state index contributed by atoms with van der Waals surface area (Å²) in [5.41, 5.74) is 0.719. The Morgan fingerprint density at radius 1 is 1.47 bits per heavy atom. The molecular formula is C9H12N2O4. The molecule has 2 atom stereocenters. The van der Waals surface area contributed by atoms with E-state index < -0.39 is 18.2 Å². The second kappa shape index (κ2) is 4.81. The second-order valence-electron chi connectivity index (χ2n) is 3.00. The number of aliphatic hydroxyl groups excluding tert-OH is 2. The molecule has 1 aromatic rings. The van der Waals surface area contributed by atoms with Crippen LogP contribution in [0.2, 0.25) is 0 Å². The van der Waals surface area contributed by atoms with Crippen LogP contribution >= 0.6 is 0 Å². The highest BCUT2D eigenvalue weighted by Crippen LogP contribution is 2.14. The maximum atomic E-state index is 10.9. The third-order valence-electron chi connectivity index (χ3n) is 1.82. The molecule has 0 saturated carbocycles. The highest BCUT2D eigenvalue weighted by atomic mass is 16.5. The summed E-state index contributed by atoms with van der Waals surface area (Å²) >= 11 is 0. The topological polar surface area (TPSA) is 92.5 Å². The van der Waals surface area contributed by atoms with Gasteiger partial charge in [-0.15, -0.1) is 0 Å². The number of hydrogen-bond donors (Lipinski definition) is 2. The number of nitrogens with zero attached hydrogens (tertiary/aromatic N) is 2. The van der Waals surface area contributed by atoms with E-state index in [1.165, 1.54) is 12.4 Å². The summed E-state index contributed by atoms with van der Waals surface area (Å²) in [5.74, 6) is -0.911.